The molecule has 1 amide bonds. The number of allylic oxidation sites excluding steroid dienone is 2. The van der Waals surface area contributed by atoms with Crippen LogP contribution in [0.2, 0.25) is 0 Å². The highest BCUT2D eigenvalue weighted by molar-refractivity contribution is 5.94. The van der Waals surface area contributed by atoms with Crippen molar-refractivity contribution in [2.75, 3.05) is 18.2 Å². The second-order valence-corrected chi connectivity index (χ2v) is 4.47. The van der Waals surface area contributed by atoms with Gasteiger partial charge < -0.3 is 15.8 Å². The van der Waals surface area contributed by atoms with E-state index in [0.29, 0.717) is 29.5 Å². The molecule has 2 rings (SSSR count). The van der Waals surface area contributed by atoms with E-state index in [2.05, 4.69) is 17.5 Å². The van der Waals surface area contributed by atoms with Crippen LogP contribution in [0.4, 0.5) is 11.4 Å². The zero-order chi connectivity index (χ0) is 13.0. The average molecular weight is 246 g/mol. The molecule has 1 aromatic carbocycles. The number of hydrogen-bond acceptors (Lipinski definition) is 3. The zero-order valence-corrected chi connectivity index (χ0v) is 10.5. The quantitative estimate of drug-likeness (QED) is 0.634. The maximum Gasteiger partial charge on any atom is 0.225 e. The Morgan fingerprint density at radius 2 is 2.39 bits per heavy atom. The minimum Gasteiger partial charge on any atom is -0.497 e. The Labute approximate surface area is 107 Å². The van der Waals surface area contributed by atoms with Crippen molar-refractivity contribution in [3.8, 4) is 5.75 Å². The van der Waals surface area contributed by atoms with Gasteiger partial charge >= 0.3 is 0 Å². The van der Waals surface area contributed by atoms with Gasteiger partial charge in [-0.25, -0.2) is 0 Å². The number of methoxy groups -OCH3 is 1. The highest BCUT2D eigenvalue weighted by Crippen LogP contribution is 2.26. The first-order valence-corrected chi connectivity index (χ1v) is 6.09. The van der Waals surface area contributed by atoms with Gasteiger partial charge in [0.25, 0.3) is 0 Å². The Morgan fingerprint density at radius 3 is 3.06 bits per heavy atom. The molecule has 1 aliphatic carbocycles. The largest absolute Gasteiger partial charge is 0.497 e. The molecule has 96 valence electrons. The van der Waals surface area contributed by atoms with Crippen molar-refractivity contribution in [3.63, 3.8) is 0 Å². The Balaban J connectivity index is 1.99. The molecule has 0 bridgehead atoms. The highest BCUT2D eigenvalue weighted by Gasteiger charge is 2.14. The van der Waals surface area contributed by atoms with Crippen LogP contribution in [0.15, 0.2) is 30.4 Å². The molecule has 1 atom stereocenters. The zero-order valence-electron chi connectivity index (χ0n) is 10.5. The molecule has 0 fully saturated rings. The minimum atomic E-state index is -0.00787. The summed E-state index contributed by atoms with van der Waals surface area (Å²) < 4.78 is 5.11. The van der Waals surface area contributed by atoms with E-state index < -0.39 is 0 Å². The number of nitrogens with one attached hydrogen (secondary N) is 1. The third-order valence-corrected chi connectivity index (χ3v) is 3.09. The fourth-order valence-corrected chi connectivity index (χ4v) is 2.08. The molecule has 0 spiro atoms. The van der Waals surface area contributed by atoms with Crippen molar-refractivity contribution in [2.24, 2.45) is 5.92 Å². The summed E-state index contributed by atoms with van der Waals surface area (Å²) in [6.45, 7) is 0. The molecule has 3 N–H and O–H groups in total. The first-order valence-electron chi connectivity index (χ1n) is 6.09. The average Bonchev–Trinajstić information content (AvgIpc) is 2.84. The molecule has 0 aromatic heterocycles. The third-order valence-electron chi connectivity index (χ3n) is 3.09. The number of nitrogens with two attached hydrogens (primary N) is 1. The fraction of sp³-hybridized carbons (Fsp3) is 0.357. The maximum atomic E-state index is 11.9. The fourth-order valence-electron chi connectivity index (χ4n) is 2.08. The van der Waals surface area contributed by atoms with Gasteiger partial charge in [-0.2, -0.15) is 0 Å². The van der Waals surface area contributed by atoms with Crippen LogP contribution in [0.3, 0.4) is 0 Å². The first-order chi connectivity index (χ1) is 8.69. The SMILES string of the molecule is COc1ccc(N)c(NC(=O)CC2C=CCC2)c1. The van der Waals surface area contributed by atoms with Gasteiger partial charge in [0.15, 0.2) is 0 Å². The number of anilines is 2. The summed E-state index contributed by atoms with van der Waals surface area (Å²) in [6.07, 6.45) is 6.86. The van der Waals surface area contributed by atoms with Gasteiger partial charge in [0, 0.05) is 12.5 Å². The lowest BCUT2D eigenvalue weighted by Crippen LogP contribution is -2.15. The second kappa shape index (κ2) is 5.58. The summed E-state index contributed by atoms with van der Waals surface area (Å²) in [5.41, 5.74) is 6.98. The molecule has 1 aromatic rings. The second-order valence-electron chi connectivity index (χ2n) is 4.47. The van der Waals surface area contributed by atoms with Crippen molar-refractivity contribution < 1.29 is 9.53 Å². The van der Waals surface area contributed by atoms with Crippen LogP contribution < -0.4 is 15.8 Å². The Morgan fingerprint density at radius 1 is 1.56 bits per heavy atom. The van der Waals surface area contributed by atoms with Crippen LogP contribution in [0.5, 0.6) is 5.75 Å². The number of rotatable bonds is 4. The van der Waals surface area contributed by atoms with Gasteiger partial charge in [0.05, 0.1) is 18.5 Å². The van der Waals surface area contributed by atoms with E-state index in [1.807, 2.05) is 0 Å². The Kier molecular flexibility index (Phi) is 3.87. The van der Waals surface area contributed by atoms with Crippen LogP contribution in [-0.2, 0) is 4.79 Å². The maximum absolute atomic E-state index is 11.9. The van der Waals surface area contributed by atoms with E-state index in [4.69, 9.17) is 10.5 Å². The predicted octanol–water partition coefficient (Wildman–Crippen LogP) is 2.57. The van der Waals surface area contributed by atoms with Gasteiger partial charge in [-0.15, -0.1) is 0 Å². The third kappa shape index (κ3) is 3.03. The normalized spacial score (nSPS) is 17.7. The van der Waals surface area contributed by atoms with Crippen LogP contribution >= 0.6 is 0 Å². The number of hydrogen-bond donors (Lipinski definition) is 2. The number of nitrogen functional groups attached to an aromatic ring is 1. The number of carbonyl (C=O) groups is 1. The molecule has 0 saturated carbocycles. The molecule has 0 aliphatic heterocycles. The lowest BCUT2D eigenvalue weighted by molar-refractivity contribution is -0.116. The molecule has 0 radical (unpaired) electrons. The summed E-state index contributed by atoms with van der Waals surface area (Å²) in [7, 11) is 1.58. The van der Waals surface area contributed by atoms with Crippen molar-refractivity contribution in [1.82, 2.24) is 0 Å². The molecule has 1 aliphatic rings. The predicted molar refractivity (Wildman–Crippen MR) is 72.5 cm³/mol. The van der Waals surface area contributed by atoms with Gasteiger partial charge in [0.2, 0.25) is 5.91 Å². The van der Waals surface area contributed by atoms with E-state index in [9.17, 15) is 4.79 Å². The minimum absolute atomic E-state index is 0.00787. The Bertz CT molecular complexity index is 469. The molecule has 18 heavy (non-hydrogen) atoms. The van der Waals surface area contributed by atoms with E-state index in [0.717, 1.165) is 12.8 Å². The van der Waals surface area contributed by atoms with Gasteiger partial charge in [-0.3, -0.25) is 4.79 Å². The molecular weight excluding hydrogens is 228 g/mol. The van der Waals surface area contributed by atoms with E-state index in [-0.39, 0.29) is 5.91 Å². The van der Waals surface area contributed by atoms with E-state index in [1.165, 1.54) is 0 Å². The van der Waals surface area contributed by atoms with Crippen molar-refractivity contribution >= 4 is 17.3 Å². The summed E-state index contributed by atoms with van der Waals surface area (Å²) >= 11 is 0. The number of carbonyl (C=O) groups excluding carboxylic acids is 1. The van der Waals surface area contributed by atoms with Gasteiger partial charge in [0.1, 0.15) is 5.75 Å². The lowest BCUT2D eigenvalue weighted by atomic mass is 10.0. The van der Waals surface area contributed by atoms with E-state index >= 15 is 0 Å². The summed E-state index contributed by atoms with van der Waals surface area (Å²) in [4.78, 5) is 11.9. The van der Waals surface area contributed by atoms with Crippen LogP contribution in [0, 0.1) is 5.92 Å². The smallest absolute Gasteiger partial charge is 0.225 e. The highest BCUT2D eigenvalue weighted by atomic mass is 16.5. The monoisotopic (exact) mass is 246 g/mol. The van der Waals surface area contributed by atoms with Crippen LogP contribution in [-0.4, -0.2) is 13.0 Å². The van der Waals surface area contributed by atoms with Crippen molar-refractivity contribution in [2.45, 2.75) is 19.3 Å². The standard InChI is InChI=1S/C14H18N2O2/c1-18-11-6-7-12(15)13(9-11)16-14(17)8-10-4-2-3-5-10/h2,4,6-7,9-10H,3,5,8,15H2,1H3,(H,16,17). The lowest BCUT2D eigenvalue weighted by Gasteiger charge is -2.11. The van der Waals surface area contributed by atoms with Crippen molar-refractivity contribution in [3.05, 3.63) is 30.4 Å². The van der Waals surface area contributed by atoms with Gasteiger partial charge in [-0.05, 0) is 30.9 Å². The van der Waals surface area contributed by atoms with Crippen LogP contribution in [0.1, 0.15) is 19.3 Å². The molecule has 0 saturated heterocycles. The summed E-state index contributed by atoms with van der Waals surface area (Å²) in [6, 6.07) is 5.23. The molecule has 4 nitrogen and oxygen atoms in total. The Hall–Kier alpha value is -1.97. The summed E-state index contributed by atoms with van der Waals surface area (Å²) in [5.74, 6) is 1.03. The molecule has 0 heterocycles. The molecular formula is C14H18N2O2. The van der Waals surface area contributed by atoms with Crippen molar-refractivity contribution in [1.29, 1.82) is 0 Å². The molecule has 1 unspecified atom stereocenters. The molecule has 4 heteroatoms. The van der Waals surface area contributed by atoms with Crippen LogP contribution in [0.25, 0.3) is 0 Å². The number of benzene rings is 1. The topological polar surface area (TPSA) is 64.3 Å². The first kappa shape index (κ1) is 12.5. The summed E-state index contributed by atoms with van der Waals surface area (Å²) in [5, 5.41) is 2.83. The van der Waals surface area contributed by atoms with Gasteiger partial charge in [-0.1, -0.05) is 12.2 Å². The van der Waals surface area contributed by atoms with E-state index in [1.54, 1.807) is 25.3 Å². The number of ether oxygens (including phenoxy) is 1. The number of amides is 1.